The Hall–Kier alpha value is -0.0900. The number of rotatable bonds is 2. The number of nitrogens with zero attached hydrogens (tertiary/aromatic N) is 2. The Kier molecular flexibility index (Phi) is 3.51. The maximum absolute atomic E-state index is 11.5. The summed E-state index contributed by atoms with van der Waals surface area (Å²) in [4.78, 5) is 13.0. The number of amides is 1. The van der Waals surface area contributed by atoms with Crippen LogP contribution in [0.3, 0.4) is 0 Å². The fourth-order valence-electron chi connectivity index (χ4n) is 0.679. The highest BCUT2D eigenvalue weighted by Gasteiger charge is 2.32. The van der Waals surface area contributed by atoms with E-state index < -0.39 is 5.54 Å². The number of hydrogen-bond donors (Lipinski definition) is 0. The van der Waals surface area contributed by atoms with E-state index >= 15 is 0 Å². The van der Waals surface area contributed by atoms with Gasteiger partial charge in [0, 0.05) is 30.2 Å². The van der Waals surface area contributed by atoms with Crippen LogP contribution in [0.1, 0.15) is 13.8 Å². The van der Waals surface area contributed by atoms with Crippen molar-refractivity contribution in [3.8, 4) is 0 Å². The molecule has 0 aromatic heterocycles. The van der Waals surface area contributed by atoms with Crippen molar-refractivity contribution in [3.05, 3.63) is 0 Å². The molecule has 0 bridgehead atoms. The van der Waals surface area contributed by atoms with Crippen molar-refractivity contribution in [2.75, 3.05) is 21.1 Å². The molecule has 0 unspecified atom stereocenters. The molecule has 0 aliphatic carbocycles. The zero-order valence-electron chi connectivity index (χ0n) is 7.68. The minimum Gasteiger partial charge on any atom is -0.347 e. The van der Waals surface area contributed by atoms with E-state index in [2.05, 4.69) is 16.1 Å². The lowest BCUT2D eigenvalue weighted by atomic mass is 10.1. The molecule has 1 amide bonds. The maximum atomic E-state index is 11.5. The van der Waals surface area contributed by atoms with Gasteiger partial charge in [0.1, 0.15) is 5.54 Å². The highest BCUT2D eigenvalue weighted by Crippen LogP contribution is 2.17. The summed E-state index contributed by atoms with van der Waals surface area (Å²) < 4.78 is 1.72. The van der Waals surface area contributed by atoms with Gasteiger partial charge < -0.3 is 4.90 Å². The Bertz CT molecular complexity index is 155. The van der Waals surface area contributed by atoms with E-state index in [4.69, 9.17) is 0 Å². The summed E-state index contributed by atoms with van der Waals surface area (Å²) in [5, 5.41) is 0. The lowest BCUT2D eigenvalue weighted by Crippen LogP contribution is -2.48. The molecule has 0 aliphatic rings. The number of hydrogen-bond acceptors (Lipinski definition) is 2. The summed E-state index contributed by atoms with van der Waals surface area (Å²) in [6, 6.07) is 0. The summed E-state index contributed by atoms with van der Waals surface area (Å²) in [7, 11) is 5.32. The molecule has 0 fully saturated rings. The number of halogens is 1. The summed E-state index contributed by atoms with van der Waals surface area (Å²) >= 11 is 3.25. The van der Waals surface area contributed by atoms with Gasteiger partial charge >= 0.3 is 0 Å². The molecular weight excluding hydrogens is 208 g/mol. The normalized spacial score (nSPS) is 11.9. The van der Waals surface area contributed by atoms with E-state index in [1.807, 2.05) is 20.9 Å². The van der Waals surface area contributed by atoms with Crippen molar-refractivity contribution >= 4 is 22.1 Å². The lowest BCUT2D eigenvalue weighted by Gasteiger charge is -2.31. The SMILES string of the molecule is CN(C)C(=O)C(C)(C)N(C)Br. The standard InChI is InChI=1S/C7H15BrN2O/c1-7(2,10(5)8)6(11)9(3)4/h1-5H3. The van der Waals surface area contributed by atoms with Gasteiger partial charge in [0.25, 0.3) is 0 Å². The van der Waals surface area contributed by atoms with Gasteiger partial charge in [0.05, 0.1) is 0 Å². The molecule has 66 valence electrons. The number of carbonyl (C=O) groups excluding carboxylic acids is 1. The van der Waals surface area contributed by atoms with Gasteiger partial charge in [-0.05, 0) is 20.9 Å². The summed E-state index contributed by atoms with van der Waals surface area (Å²) in [6.07, 6.45) is 0. The van der Waals surface area contributed by atoms with Gasteiger partial charge in [-0.1, -0.05) is 0 Å². The minimum absolute atomic E-state index is 0.0804. The molecule has 0 heterocycles. The average molecular weight is 223 g/mol. The first-order valence-corrected chi connectivity index (χ1v) is 4.12. The van der Waals surface area contributed by atoms with Crippen LogP contribution in [-0.2, 0) is 4.79 Å². The zero-order chi connectivity index (χ0) is 9.23. The third-order valence-corrected chi connectivity index (χ3v) is 2.59. The van der Waals surface area contributed by atoms with Gasteiger partial charge in [-0.15, -0.1) is 0 Å². The third-order valence-electron chi connectivity index (χ3n) is 1.70. The smallest absolute Gasteiger partial charge is 0.242 e. The zero-order valence-corrected chi connectivity index (χ0v) is 9.27. The molecule has 0 aromatic rings. The molecular formula is C7H15BrN2O. The van der Waals surface area contributed by atoms with Crippen LogP contribution in [0.25, 0.3) is 0 Å². The van der Waals surface area contributed by atoms with Crippen molar-refractivity contribution in [2.45, 2.75) is 19.4 Å². The average Bonchev–Trinajstić information content (AvgIpc) is 1.85. The summed E-state index contributed by atoms with van der Waals surface area (Å²) in [6.45, 7) is 3.73. The predicted molar refractivity (Wildman–Crippen MR) is 49.5 cm³/mol. The fraction of sp³-hybridized carbons (Fsp3) is 0.857. The first-order chi connectivity index (χ1) is 4.80. The Morgan fingerprint density at radius 1 is 1.27 bits per heavy atom. The highest BCUT2D eigenvalue weighted by atomic mass is 79.9. The van der Waals surface area contributed by atoms with E-state index in [9.17, 15) is 4.79 Å². The number of likely N-dealkylation sites (N-methyl/N-ethyl adjacent to an activating group) is 2. The molecule has 4 heteroatoms. The van der Waals surface area contributed by atoms with Crippen LogP contribution in [0.5, 0.6) is 0 Å². The van der Waals surface area contributed by atoms with Crippen LogP contribution in [-0.4, -0.2) is 41.4 Å². The van der Waals surface area contributed by atoms with E-state index in [1.165, 1.54) is 0 Å². The minimum atomic E-state index is -0.483. The second kappa shape index (κ2) is 3.54. The Labute approximate surface area is 76.7 Å². The molecule has 0 aliphatic heterocycles. The van der Waals surface area contributed by atoms with Gasteiger partial charge in [0.15, 0.2) is 0 Å². The Morgan fingerprint density at radius 3 is 1.73 bits per heavy atom. The molecule has 3 nitrogen and oxygen atoms in total. The largest absolute Gasteiger partial charge is 0.347 e. The first kappa shape index (κ1) is 10.9. The van der Waals surface area contributed by atoms with Gasteiger partial charge in [-0.25, -0.2) is 3.93 Å². The highest BCUT2D eigenvalue weighted by molar-refractivity contribution is 9.07. The second-order valence-corrected chi connectivity index (χ2v) is 4.30. The van der Waals surface area contributed by atoms with Crippen molar-refractivity contribution < 1.29 is 4.79 Å². The number of carbonyl (C=O) groups is 1. The Balaban J connectivity index is 4.43. The van der Waals surface area contributed by atoms with Crippen LogP contribution in [0.15, 0.2) is 0 Å². The summed E-state index contributed by atoms with van der Waals surface area (Å²) in [5.41, 5.74) is -0.483. The molecule has 0 spiro atoms. The molecule has 0 radical (unpaired) electrons. The molecule has 11 heavy (non-hydrogen) atoms. The van der Waals surface area contributed by atoms with Crippen LogP contribution in [0, 0.1) is 0 Å². The van der Waals surface area contributed by atoms with Crippen LogP contribution in [0.2, 0.25) is 0 Å². The topological polar surface area (TPSA) is 23.6 Å². The van der Waals surface area contributed by atoms with Crippen molar-refractivity contribution in [1.82, 2.24) is 8.83 Å². The van der Waals surface area contributed by atoms with Crippen molar-refractivity contribution in [3.63, 3.8) is 0 Å². The molecule has 0 rings (SSSR count). The monoisotopic (exact) mass is 222 g/mol. The maximum Gasteiger partial charge on any atom is 0.242 e. The molecule has 0 atom stereocenters. The van der Waals surface area contributed by atoms with Gasteiger partial charge in [-0.3, -0.25) is 4.79 Å². The van der Waals surface area contributed by atoms with E-state index in [0.29, 0.717) is 0 Å². The van der Waals surface area contributed by atoms with E-state index in [1.54, 1.807) is 22.9 Å². The molecule has 0 saturated heterocycles. The lowest BCUT2D eigenvalue weighted by molar-refractivity contribution is -0.136. The molecule has 0 N–H and O–H groups in total. The van der Waals surface area contributed by atoms with Gasteiger partial charge in [0.2, 0.25) is 5.91 Å². The molecule has 0 aromatic carbocycles. The quantitative estimate of drug-likeness (QED) is 0.654. The van der Waals surface area contributed by atoms with Crippen LogP contribution >= 0.6 is 16.1 Å². The van der Waals surface area contributed by atoms with Gasteiger partial charge in [-0.2, -0.15) is 0 Å². The van der Waals surface area contributed by atoms with Crippen LogP contribution < -0.4 is 0 Å². The van der Waals surface area contributed by atoms with Crippen LogP contribution in [0.4, 0.5) is 0 Å². The van der Waals surface area contributed by atoms with Crippen molar-refractivity contribution in [2.24, 2.45) is 0 Å². The first-order valence-electron chi connectivity index (χ1n) is 3.41. The molecule has 0 saturated carbocycles. The second-order valence-electron chi connectivity index (χ2n) is 3.24. The third kappa shape index (κ3) is 2.45. The predicted octanol–water partition coefficient (Wildman–Crippen LogP) is 1.09. The van der Waals surface area contributed by atoms with E-state index in [0.717, 1.165) is 0 Å². The summed E-state index contributed by atoms with van der Waals surface area (Å²) in [5.74, 6) is 0.0804. The van der Waals surface area contributed by atoms with E-state index in [-0.39, 0.29) is 5.91 Å². The fourth-order valence-corrected chi connectivity index (χ4v) is 0.831. The Morgan fingerprint density at radius 2 is 1.64 bits per heavy atom. The van der Waals surface area contributed by atoms with Crippen molar-refractivity contribution in [1.29, 1.82) is 0 Å².